The van der Waals surface area contributed by atoms with Crippen molar-refractivity contribution in [3.8, 4) is 0 Å². The number of rotatable bonds is 6. The summed E-state index contributed by atoms with van der Waals surface area (Å²) in [5.41, 5.74) is 0.821. The summed E-state index contributed by atoms with van der Waals surface area (Å²) in [5.74, 6) is 0. The molecule has 0 aromatic heterocycles. The Bertz CT molecular complexity index is 425. The van der Waals surface area contributed by atoms with E-state index in [0.29, 0.717) is 26.4 Å². The van der Waals surface area contributed by atoms with Gasteiger partial charge in [0.2, 0.25) is 0 Å². The quantitative estimate of drug-likeness (QED) is 0.820. The molecular weight excluding hydrogens is 268 g/mol. The molecule has 2 rings (SSSR count). The predicted molar refractivity (Wildman–Crippen MR) is 82.5 cm³/mol. The third-order valence-electron chi connectivity index (χ3n) is 3.48. The van der Waals surface area contributed by atoms with Crippen molar-refractivity contribution in [2.45, 2.75) is 25.9 Å². The fourth-order valence-corrected chi connectivity index (χ4v) is 2.40. The molecule has 2 amide bonds. The van der Waals surface area contributed by atoms with E-state index in [9.17, 15) is 4.79 Å². The summed E-state index contributed by atoms with van der Waals surface area (Å²) in [5, 5.41) is 2.92. The fraction of sp³-hybridized carbons (Fsp3) is 0.562. The average molecular weight is 292 g/mol. The molecule has 1 saturated heterocycles. The number of carbonyl (C=O) groups is 1. The Morgan fingerprint density at radius 1 is 1.33 bits per heavy atom. The van der Waals surface area contributed by atoms with E-state index >= 15 is 0 Å². The first-order valence-corrected chi connectivity index (χ1v) is 7.60. The van der Waals surface area contributed by atoms with E-state index in [0.717, 1.165) is 25.1 Å². The molecule has 0 unspecified atom stereocenters. The van der Waals surface area contributed by atoms with Crippen LogP contribution < -0.4 is 5.32 Å². The van der Waals surface area contributed by atoms with Crippen LogP contribution in [0.25, 0.3) is 0 Å². The van der Waals surface area contributed by atoms with E-state index in [1.165, 1.54) is 0 Å². The van der Waals surface area contributed by atoms with Crippen molar-refractivity contribution in [3.05, 3.63) is 30.3 Å². The van der Waals surface area contributed by atoms with Crippen LogP contribution in [0.15, 0.2) is 30.3 Å². The molecule has 1 aromatic rings. The lowest BCUT2D eigenvalue weighted by Gasteiger charge is -2.32. The standard InChI is InChI=1S/C16H24N2O3/c1-2-20-11-12-21-15-9-6-10-18(13-15)16(19)17-14-7-4-3-5-8-14/h3-5,7-8,15H,2,6,9-13H2,1H3,(H,17,19)/t15-/m1/s1. The van der Waals surface area contributed by atoms with Crippen molar-refractivity contribution >= 4 is 11.7 Å². The van der Waals surface area contributed by atoms with E-state index in [4.69, 9.17) is 9.47 Å². The number of hydrogen-bond donors (Lipinski definition) is 1. The summed E-state index contributed by atoms with van der Waals surface area (Å²) in [6.07, 6.45) is 2.09. The van der Waals surface area contributed by atoms with Gasteiger partial charge in [0, 0.05) is 25.4 Å². The van der Waals surface area contributed by atoms with Crippen LogP contribution in [-0.2, 0) is 9.47 Å². The highest BCUT2D eigenvalue weighted by atomic mass is 16.5. The van der Waals surface area contributed by atoms with E-state index in [-0.39, 0.29) is 12.1 Å². The minimum absolute atomic E-state index is 0.0562. The lowest BCUT2D eigenvalue weighted by Crippen LogP contribution is -2.45. The lowest BCUT2D eigenvalue weighted by atomic mass is 10.1. The van der Waals surface area contributed by atoms with E-state index in [1.807, 2.05) is 42.2 Å². The highest BCUT2D eigenvalue weighted by Gasteiger charge is 2.24. The number of nitrogens with zero attached hydrogens (tertiary/aromatic N) is 1. The van der Waals surface area contributed by atoms with Crippen molar-refractivity contribution in [1.29, 1.82) is 0 Å². The molecule has 0 saturated carbocycles. The Kier molecular flexibility index (Phi) is 6.50. The lowest BCUT2D eigenvalue weighted by molar-refractivity contribution is -0.0181. The van der Waals surface area contributed by atoms with Gasteiger partial charge in [0.05, 0.1) is 19.3 Å². The maximum absolute atomic E-state index is 12.2. The summed E-state index contributed by atoms with van der Waals surface area (Å²) in [4.78, 5) is 14.0. The highest BCUT2D eigenvalue weighted by molar-refractivity contribution is 5.89. The van der Waals surface area contributed by atoms with Crippen LogP contribution in [0.4, 0.5) is 10.5 Å². The molecule has 1 aliphatic heterocycles. The Balaban J connectivity index is 1.76. The van der Waals surface area contributed by atoms with E-state index in [2.05, 4.69) is 5.32 Å². The Morgan fingerprint density at radius 3 is 2.90 bits per heavy atom. The number of benzene rings is 1. The molecule has 5 heteroatoms. The summed E-state index contributed by atoms with van der Waals surface area (Å²) >= 11 is 0. The van der Waals surface area contributed by atoms with Crippen LogP contribution in [0.5, 0.6) is 0 Å². The third-order valence-corrected chi connectivity index (χ3v) is 3.48. The molecule has 1 N–H and O–H groups in total. The number of ether oxygens (including phenoxy) is 2. The number of nitrogens with one attached hydrogen (secondary N) is 1. The zero-order valence-corrected chi connectivity index (χ0v) is 12.6. The molecule has 0 aliphatic carbocycles. The highest BCUT2D eigenvalue weighted by Crippen LogP contribution is 2.15. The molecular formula is C16H24N2O3. The molecule has 1 aliphatic rings. The fourth-order valence-electron chi connectivity index (χ4n) is 2.40. The summed E-state index contributed by atoms with van der Waals surface area (Å²) in [6, 6.07) is 9.46. The van der Waals surface area contributed by atoms with Gasteiger partial charge in [0.25, 0.3) is 0 Å². The van der Waals surface area contributed by atoms with E-state index in [1.54, 1.807) is 0 Å². The average Bonchev–Trinajstić information content (AvgIpc) is 2.53. The van der Waals surface area contributed by atoms with Gasteiger partial charge in [-0.05, 0) is 31.9 Å². The molecule has 0 spiro atoms. The molecule has 116 valence electrons. The van der Waals surface area contributed by atoms with Crippen molar-refractivity contribution in [1.82, 2.24) is 4.90 Å². The number of piperidine rings is 1. The van der Waals surface area contributed by atoms with Gasteiger partial charge in [-0.2, -0.15) is 0 Å². The second kappa shape index (κ2) is 8.64. The molecule has 1 aromatic carbocycles. The summed E-state index contributed by atoms with van der Waals surface area (Å²) in [7, 11) is 0. The number of urea groups is 1. The predicted octanol–water partition coefficient (Wildman–Crippen LogP) is 2.74. The van der Waals surface area contributed by atoms with Crippen LogP contribution in [0, 0.1) is 0 Å². The summed E-state index contributed by atoms with van der Waals surface area (Å²) in [6.45, 7) is 5.31. The van der Waals surface area contributed by atoms with Gasteiger partial charge in [-0.25, -0.2) is 4.79 Å². The number of anilines is 1. The van der Waals surface area contributed by atoms with Gasteiger partial charge in [-0.1, -0.05) is 18.2 Å². The normalized spacial score (nSPS) is 18.5. The Labute approximate surface area is 126 Å². The second-order valence-corrected chi connectivity index (χ2v) is 5.07. The van der Waals surface area contributed by atoms with Gasteiger partial charge >= 0.3 is 6.03 Å². The number of hydrogen-bond acceptors (Lipinski definition) is 3. The van der Waals surface area contributed by atoms with Crippen molar-refractivity contribution in [2.75, 3.05) is 38.2 Å². The smallest absolute Gasteiger partial charge is 0.321 e. The molecule has 1 fully saturated rings. The SMILES string of the molecule is CCOCCO[C@@H]1CCCN(C(=O)Nc2ccccc2)C1. The summed E-state index contributed by atoms with van der Waals surface area (Å²) < 4.78 is 11.0. The molecule has 0 radical (unpaired) electrons. The van der Waals surface area contributed by atoms with Gasteiger partial charge in [0.1, 0.15) is 0 Å². The zero-order chi connectivity index (χ0) is 14.9. The Morgan fingerprint density at radius 2 is 2.14 bits per heavy atom. The first-order valence-electron chi connectivity index (χ1n) is 7.60. The van der Waals surface area contributed by atoms with Crippen LogP contribution >= 0.6 is 0 Å². The number of amides is 2. The maximum Gasteiger partial charge on any atom is 0.321 e. The van der Waals surface area contributed by atoms with Crippen molar-refractivity contribution in [2.24, 2.45) is 0 Å². The topological polar surface area (TPSA) is 50.8 Å². The first-order chi connectivity index (χ1) is 10.3. The van der Waals surface area contributed by atoms with Crippen LogP contribution in [0.2, 0.25) is 0 Å². The largest absolute Gasteiger partial charge is 0.379 e. The van der Waals surface area contributed by atoms with Crippen LogP contribution in [-0.4, -0.2) is 49.9 Å². The zero-order valence-electron chi connectivity index (χ0n) is 12.6. The van der Waals surface area contributed by atoms with Gasteiger partial charge in [0.15, 0.2) is 0 Å². The minimum atomic E-state index is -0.0562. The third kappa shape index (κ3) is 5.36. The van der Waals surface area contributed by atoms with E-state index < -0.39 is 0 Å². The number of likely N-dealkylation sites (tertiary alicyclic amines) is 1. The van der Waals surface area contributed by atoms with Gasteiger partial charge in [-0.3, -0.25) is 0 Å². The van der Waals surface area contributed by atoms with Gasteiger partial charge in [-0.15, -0.1) is 0 Å². The first kappa shape index (κ1) is 15.8. The van der Waals surface area contributed by atoms with Crippen LogP contribution in [0.3, 0.4) is 0 Å². The molecule has 1 atom stereocenters. The molecule has 1 heterocycles. The second-order valence-electron chi connectivity index (χ2n) is 5.07. The molecule has 5 nitrogen and oxygen atoms in total. The van der Waals surface area contributed by atoms with Crippen molar-refractivity contribution in [3.63, 3.8) is 0 Å². The minimum Gasteiger partial charge on any atom is -0.379 e. The molecule has 0 bridgehead atoms. The van der Waals surface area contributed by atoms with Crippen LogP contribution in [0.1, 0.15) is 19.8 Å². The van der Waals surface area contributed by atoms with Crippen molar-refractivity contribution < 1.29 is 14.3 Å². The maximum atomic E-state index is 12.2. The number of para-hydroxylation sites is 1. The monoisotopic (exact) mass is 292 g/mol. The van der Waals surface area contributed by atoms with Gasteiger partial charge < -0.3 is 19.7 Å². The number of carbonyl (C=O) groups excluding carboxylic acids is 1. The Hall–Kier alpha value is -1.59. The molecule has 21 heavy (non-hydrogen) atoms.